The number of fused-ring (bicyclic) bond motifs is 6. The van der Waals surface area contributed by atoms with E-state index in [1.165, 1.54) is 12.1 Å². The van der Waals surface area contributed by atoms with Crippen LogP contribution in [0.15, 0.2) is 115 Å². The molecule has 48 heavy (non-hydrogen) atoms. The van der Waals surface area contributed by atoms with Gasteiger partial charge < -0.3 is 9.13 Å². The quantitative estimate of drug-likeness (QED) is 0.195. The van der Waals surface area contributed by atoms with Crippen molar-refractivity contribution in [3.63, 3.8) is 0 Å². The minimum Gasteiger partial charge on any atom is -0.308 e. The largest absolute Gasteiger partial charge is 0.417 e. The van der Waals surface area contributed by atoms with Crippen LogP contribution in [0.5, 0.6) is 0 Å². The van der Waals surface area contributed by atoms with Crippen molar-refractivity contribution >= 4 is 43.6 Å². The third-order valence-corrected chi connectivity index (χ3v) is 9.11. The van der Waals surface area contributed by atoms with Gasteiger partial charge in [0.15, 0.2) is 0 Å². The Labute approximate surface area is 273 Å². The van der Waals surface area contributed by atoms with E-state index in [0.717, 1.165) is 60.8 Å². The predicted octanol–water partition coefficient (Wildman–Crippen LogP) is 10.9. The highest BCUT2D eigenvalue weighted by atomic mass is 19.4. The second kappa shape index (κ2) is 10.6. The Bertz CT molecular complexity index is 2570. The molecule has 8 aromatic rings. The number of para-hydroxylation sites is 2. The van der Waals surface area contributed by atoms with Gasteiger partial charge in [0.25, 0.3) is 0 Å². The van der Waals surface area contributed by atoms with E-state index in [2.05, 4.69) is 12.1 Å². The lowest BCUT2D eigenvalue weighted by Gasteiger charge is -2.24. The highest BCUT2D eigenvalue weighted by Crippen LogP contribution is 2.47. The number of alkyl halides is 3. The molecular weight excluding hydrogens is 605 g/mol. The van der Waals surface area contributed by atoms with Crippen LogP contribution in [-0.2, 0) is 6.18 Å². The summed E-state index contributed by atoms with van der Waals surface area (Å²) in [6.07, 6.45) is -4.78. The van der Waals surface area contributed by atoms with Gasteiger partial charge in [-0.05, 0) is 73.5 Å². The van der Waals surface area contributed by atoms with Gasteiger partial charge in [-0.1, -0.05) is 66.7 Å². The minimum absolute atomic E-state index is 0.120. The molecule has 6 aromatic carbocycles. The predicted molar refractivity (Wildman–Crippen MR) is 184 cm³/mol. The number of hydrogen-bond donors (Lipinski definition) is 0. The van der Waals surface area contributed by atoms with E-state index in [1.54, 1.807) is 12.1 Å². The lowest BCUT2D eigenvalue weighted by Crippen LogP contribution is -2.12. The number of hydrogen-bond acceptors (Lipinski definition) is 2. The molecule has 8 rings (SSSR count). The molecule has 0 bridgehead atoms. The van der Waals surface area contributed by atoms with Crippen molar-refractivity contribution in [3.8, 4) is 34.6 Å². The molecule has 0 fully saturated rings. The second-order valence-corrected chi connectivity index (χ2v) is 12.1. The van der Waals surface area contributed by atoms with Crippen LogP contribution in [-0.4, -0.2) is 9.13 Å². The third kappa shape index (κ3) is 4.29. The molecular formula is C41H25F3N4. The maximum atomic E-state index is 15.1. The zero-order valence-corrected chi connectivity index (χ0v) is 25.9. The van der Waals surface area contributed by atoms with Crippen molar-refractivity contribution in [2.75, 3.05) is 0 Å². The van der Waals surface area contributed by atoms with E-state index in [1.807, 2.05) is 108 Å². The van der Waals surface area contributed by atoms with E-state index in [9.17, 15) is 10.5 Å². The number of aryl methyl sites for hydroxylation is 2. The standard InChI is InChI=1S/C41H25F3N4/c1-24-14-16-30-28-9-3-5-12-33(28)47(35(30)18-24)37-20-26(22-45)21-38(40(37)39-27(23-46)8-7-11-32(39)41(42,43)44)48-34-13-6-4-10-29(34)31-17-15-25(2)19-36(31)48/h3-21H,1-2H3. The molecule has 0 saturated heterocycles. The fraction of sp³-hybridized carbons (Fsp3) is 0.0732. The summed E-state index contributed by atoms with van der Waals surface area (Å²) in [6, 6.07) is 38.8. The van der Waals surface area contributed by atoms with Gasteiger partial charge in [0, 0.05) is 32.7 Å². The van der Waals surface area contributed by atoms with Crippen molar-refractivity contribution < 1.29 is 13.2 Å². The molecule has 7 heteroatoms. The number of nitriles is 2. The first-order chi connectivity index (χ1) is 23.2. The summed E-state index contributed by atoms with van der Waals surface area (Å²) in [6.45, 7) is 3.93. The van der Waals surface area contributed by atoms with Crippen LogP contribution in [0.3, 0.4) is 0 Å². The molecule has 0 saturated carbocycles. The van der Waals surface area contributed by atoms with Crippen LogP contribution in [0, 0.1) is 36.5 Å². The highest BCUT2D eigenvalue weighted by molar-refractivity contribution is 6.12. The maximum absolute atomic E-state index is 15.1. The summed E-state index contributed by atoms with van der Waals surface area (Å²) >= 11 is 0. The first kappa shape index (κ1) is 29.1. The lowest BCUT2D eigenvalue weighted by molar-refractivity contribution is -0.137. The van der Waals surface area contributed by atoms with Gasteiger partial charge in [-0.2, -0.15) is 23.7 Å². The molecule has 0 atom stereocenters. The van der Waals surface area contributed by atoms with Crippen LogP contribution >= 0.6 is 0 Å². The fourth-order valence-electron chi connectivity index (χ4n) is 7.12. The van der Waals surface area contributed by atoms with E-state index < -0.39 is 11.7 Å². The number of rotatable bonds is 3. The monoisotopic (exact) mass is 630 g/mol. The molecule has 0 amide bonds. The Balaban J connectivity index is 1.68. The zero-order valence-electron chi connectivity index (χ0n) is 25.9. The molecule has 0 spiro atoms. The van der Waals surface area contributed by atoms with Gasteiger partial charge in [-0.15, -0.1) is 0 Å². The van der Waals surface area contributed by atoms with E-state index in [-0.39, 0.29) is 22.3 Å². The van der Waals surface area contributed by atoms with Gasteiger partial charge in [-0.25, -0.2) is 0 Å². The van der Waals surface area contributed by atoms with Crippen molar-refractivity contribution in [2.45, 2.75) is 20.0 Å². The van der Waals surface area contributed by atoms with Gasteiger partial charge in [-0.3, -0.25) is 0 Å². The topological polar surface area (TPSA) is 57.4 Å². The summed E-state index contributed by atoms with van der Waals surface area (Å²) in [5.41, 5.74) is 4.94. The first-order valence-corrected chi connectivity index (χ1v) is 15.4. The van der Waals surface area contributed by atoms with E-state index in [0.29, 0.717) is 11.4 Å². The maximum Gasteiger partial charge on any atom is 0.417 e. The summed E-state index contributed by atoms with van der Waals surface area (Å²) in [4.78, 5) is 0. The Morgan fingerprint density at radius 3 is 1.50 bits per heavy atom. The molecule has 0 aliphatic carbocycles. The summed E-state index contributed by atoms with van der Waals surface area (Å²) in [5, 5.41) is 24.5. The number of benzene rings is 6. The Hall–Kier alpha value is -6.31. The average molecular weight is 631 g/mol. The average Bonchev–Trinajstić information content (AvgIpc) is 3.58. The highest BCUT2D eigenvalue weighted by Gasteiger charge is 2.37. The Morgan fingerprint density at radius 1 is 0.521 bits per heavy atom. The van der Waals surface area contributed by atoms with E-state index in [4.69, 9.17) is 0 Å². The molecule has 230 valence electrons. The molecule has 0 radical (unpaired) electrons. The van der Waals surface area contributed by atoms with Crippen LogP contribution in [0.4, 0.5) is 13.2 Å². The summed E-state index contributed by atoms with van der Waals surface area (Å²) in [5.74, 6) is 0. The van der Waals surface area contributed by atoms with Crippen LogP contribution in [0.1, 0.15) is 27.8 Å². The van der Waals surface area contributed by atoms with Crippen molar-refractivity contribution in [3.05, 3.63) is 143 Å². The molecule has 4 nitrogen and oxygen atoms in total. The third-order valence-electron chi connectivity index (χ3n) is 9.11. The van der Waals surface area contributed by atoms with Crippen LogP contribution < -0.4 is 0 Å². The molecule has 0 N–H and O–H groups in total. The Morgan fingerprint density at radius 2 is 1.02 bits per heavy atom. The summed E-state index contributed by atoms with van der Waals surface area (Å²) in [7, 11) is 0. The fourth-order valence-corrected chi connectivity index (χ4v) is 7.12. The minimum atomic E-state index is -4.78. The molecule has 0 aliphatic heterocycles. The molecule has 2 heterocycles. The Kier molecular flexibility index (Phi) is 6.44. The number of halogens is 3. The normalized spacial score (nSPS) is 11.8. The van der Waals surface area contributed by atoms with E-state index >= 15 is 13.2 Å². The van der Waals surface area contributed by atoms with Crippen molar-refractivity contribution in [2.24, 2.45) is 0 Å². The van der Waals surface area contributed by atoms with Crippen LogP contribution in [0.2, 0.25) is 0 Å². The van der Waals surface area contributed by atoms with Gasteiger partial charge >= 0.3 is 6.18 Å². The van der Waals surface area contributed by atoms with Gasteiger partial charge in [0.05, 0.1) is 62.3 Å². The molecule has 0 aliphatic rings. The van der Waals surface area contributed by atoms with Crippen molar-refractivity contribution in [1.29, 1.82) is 10.5 Å². The first-order valence-electron chi connectivity index (χ1n) is 15.4. The van der Waals surface area contributed by atoms with Gasteiger partial charge in [0.1, 0.15) is 0 Å². The smallest absolute Gasteiger partial charge is 0.308 e. The summed E-state index contributed by atoms with van der Waals surface area (Å²) < 4.78 is 49.1. The second-order valence-electron chi connectivity index (χ2n) is 12.1. The SMILES string of the molecule is Cc1ccc2c3ccccc3n(-c3cc(C#N)cc(-n4c5ccccc5c5ccc(C)cc54)c3-c3c(C#N)cccc3C(F)(F)F)c2c1. The molecule has 0 unspecified atom stereocenters. The zero-order chi connectivity index (χ0) is 33.3. The van der Waals surface area contributed by atoms with Crippen molar-refractivity contribution in [1.82, 2.24) is 9.13 Å². The number of nitrogens with zero attached hydrogens (tertiary/aromatic N) is 4. The van der Waals surface area contributed by atoms with Crippen LogP contribution in [0.25, 0.3) is 66.1 Å². The lowest BCUT2D eigenvalue weighted by atomic mass is 9.90. The number of aromatic nitrogens is 2. The molecule has 2 aromatic heterocycles. The van der Waals surface area contributed by atoms with Gasteiger partial charge in [0.2, 0.25) is 0 Å².